The predicted molar refractivity (Wildman–Crippen MR) is 349 cm³/mol. The number of hydrogen-bond acceptors (Lipinski definition) is 0. The van der Waals surface area contributed by atoms with Crippen molar-refractivity contribution in [3.05, 3.63) is 0 Å². The van der Waals surface area contributed by atoms with Crippen molar-refractivity contribution >= 4 is 0 Å². The zero-order valence-corrected chi connectivity index (χ0v) is 57.8. The summed E-state index contributed by atoms with van der Waals surface area (Å²) in [6, 6.07) is 0. The molecule has 6 rings (SSSR count). The van der Waals surface area contributed by atoms with Crippen LogP contribution in [0.2, 0.25) is 0 Å². The minimum Gasteiger partial charge on any atom is -0.0628 e. The Hall–Kier alpha value is 0. The summed E-state index contributed by atoms with van der Waals surface area (Å²) >= 11 is 0. The summed E-state index contributed by atoms with van der Waals surface area (Å²) < 4.78 is 0. The fraction of sp³-hybridized carbons (Fsp3) is 1.00. The minimum atomic E-state index is 0.738. The fourth-order valence-corrected chi connectivity index (χ4v) is 16.5. The monoisotopic (exact) mass is 1070 g/mol. The van der Waals surface area contributed by atoms with E-state index in [9.17, 15) is 0 Å². The van der Waals surface area contributed by atoms with Gasteiger partial charge in [0.2, 0.25) is 0 Å². The van der Waals surface area contributed by atoms with Crippen LogP contribution in [0.3, 0.4) is 0 Å². The van der Waals surface area contributed by atoms with Gasteiger partial charge in [-0.1, -0.05) is 243 Å². The highest BCUT2D eigenvalue weighted by atomic mass is 14.5. The summed E-state index contributed by atoms with van der Waals surface area (Å²) in [7, 11) is 0. The van der Waals surface area contributed by atoms with Crippen LogP contribution in [-0.2, 0) is 0 Å². The molecule has 456 valence electrons. The molecule has 0 radical (unpaired) electrons. The van der Waals surface area contributed by atoms with Crippen molar-refractivity contribution < 1.29 is 0 Å². The van der Waals surface area contributed by atoms with Crippen molar-refractivity contribution in [2.75, 3.05) is 0 Å². The highest BCUT2D eigenvalue weighted by Crippen LogP contribution is 2.55. The van der Waals surface area contributed by atoms with Crippen molar-refractivity contribution in [3.8, 4) is 0 Å². The molecule has 0 nitrogen and oxygen atoms in total. The molecule has 6 saturated carbocycles. The molecule has 2 atom stereocenters. The van der Waals surface area contributed by atoms with E-state index < -0.39 is 0 Å². The van der Waals surface area contributed by atoms with Crippen LogP contribution < -0.4 is 0 Å². The molecule has 0 aromatic heterocycles. The average Bonchev–Trinajstić information content (AvgIpc) is 4.13. The van der Waals surface area contributed by atoms with Gasteiger partial charge in [-0.15, -0.1) is 0 Å². The van der Waals surface area contributed by atoms with Crippen LogP contribution in [0.15, 0.2) is 0 Å². The van der Waals surface area contributed by atoms with Crippen molar-refractivity contribution in [3.63, 3.8) is 0 Å². The normalized spacial score (nSPS) is 26.5. The van der Waals surface area contributed by atoms with Crippen LogP contribution in [0.25, 0.3) is 0 Å². The molecule has 0 heteroatoms. The molecule has 6 fully saturated rings. The van der Waals surface area contributed by atoms with E-state index in [-0.39, 0.29) is 0 Å². The van der Waals surface area contributed by atoms with Crippen LogP contribution in [0.5, 0.6) is 0 Å². The molecule has 76 heavy (non-hydrogen) atoms. The van der Waals surface area contributed by atoms with Crippen LogP contribution in [-0.4, -0.2) is 0 Å². The lowest BCUT2D eigenvalue weighted by atomic mass is 9.69. The van der Waals surface area contributed by atoms with Gasteiger partial charge in [0.25, 0.3) is 0 Å². The third-order valence-electron chi connectivity index (χ3n) is 19.0. The van der Waals surface area contributed by atoms with E-state index in [1.54, 1.807) is 0 Å². The predicted octanol–water partition coefficient (Wildman–Crippen LogP) is 26.5. The Bertz CT molecular complexity index is 1230. The Morgan fingerprint density at radius 2 is 0.500 bits per heavy atom. The van der Waals surface area contributed by atoms with Crippen LogP contribution >= 0.6 is 0 Å². The van der Waals surface area contributed by atoms with Gasteiger partial charge in [0.15, 0.2) is 0 Å². The van der Waals surface area contributed by atoms with Gasteiger partial charge in [-0.25, -0.2) is 0 Å². The molecular weight excluding hydrogens is 913 g/mol. The summed E-state index contributed by atoms with van der Waals surface area (Å²) in [6.45, 7) is 56.5. The first-order valence-electron chi connectivity index (χ1n) is 35.4. The Balaban J connectivity index is 0.000000458. The van der Waals surface area contributed by atoms with E-state index >= 15 is 0 Å². The molecule has 0 heterocycles. The average molecular weight is 1070 g/mol. The topological polar surface area (TPSA) is 0 Å². The number of hydrogen-bond donors (Lipinski definition) is 0. The smallest absolute Gasteiger partial charge is 0.0292 e. The van der Waals surface area contributed by atoms with E-state index in [2.05, 4.69) is 166 Å². The first-order valence-corrected chi connectivity index (χ1v) is 35.4. The molecule has 6 aliphatic carbocycles. The highest BCUT2D eigenvalue weighted by Gasteiger charge is 2.42. The number of rotatable bonds is 25. The molecule has 0 N–H and O–H groups in total. The van der Waals surface area contributed by atoms with E-state index in [1.165, 1.54) is 193 Å². The molecule has 0 aromatic carbocycles. The van der Waals surface area contributed by atoms with Gasteiger partial charge < -0.3 is 0 Å². The maximum Gasteiger partial charge on any atom is -0.0292 e. The molecule has 0 aliphatic heterocycles. The lowest BCUT2D eigenvalue weighted by molar-refractivity contribution is 0.142. The molecule has 0 saturated heterocycles. The van der Waals surface area contributed by atoms with E-state index in [1.807, 2.05) is 0 Å². The first-order chi connectivity index (χ1) is 35.4. The standard InChI is InChI=1S/C15H30.C14H28.C13H26.C12H24.2C11H22/c1-12(2)5-6-14-7-9-15(10-8-14)11-13(3)4;1-11(2)9-13-5-7-14(8-6-13)10-12(3)4;1-11(2)9-13(10-12(3)4)7-5-6-8-13;1-9(2)5-11-7-12(8-11)6-10(3)4;1-8(2)5-10-7-11(10)6-9(3)4;1-9(2)7-11(5-6-11)8-10(3)4/h12-15H,5-11H2,1-4H3;11-14H,5-10H2,1-4H3;11-12H,5-10H2,1-4H3;9-12H,5-8H2,1-4H3;8-11H,5-7H2,1-4H3;9-10H,5-8H2,1-4H3. The lowest BCUT2D eigenvalue weighted by Crippen LogP contribution is -2.25. The van der Waals surface area contributed by atoms with Crippen LogP contribution in [0, 0.1) is 129 Å². The zero-order chi connectivity index (χ0) is 57.8. The second kappa shape index (κ2) is 39.5. The molecule has 0 amide bonds. The van der Waals surface area contributed by atoms with Gasteiger partial charge in [0.1, 0.15) is 0 Å². The van der Waals surface area contributed by atoms with Crippen molar-refractivity contribution in [2.45, 2.75) is 359 Å². The van der Waals surface area contributed by atoms with E-state index in [4.69, 9.17) is 0 Å². The van der Waals surface area contributed by atoms with Crippen molar-refractivity contribution in [1.29, 1.82) is 0 Å². The lowest BCUT2D eigenvalue weighted by Gasteiger charge is -2.37. The molecular formula is C76H152. The van der Waals surface area contributed by atoms with Gasteiger partial charge in [0, 0.05) is 0 Å². The molecule has 0 aromatic rings. The van der Waals surface area contributed by atoms with Gasteiger partial charge in [-0.2, -0.15) is 0 Å². The highest BCUT2D eigenvalue weighted by molar-refractivity contribution is 4.94. The first kappa shape index (κ1) is 74.0. The third kappa shape index (κ3) is 38.7. The van der Waals surface area contributed by atoms with Crippen molar-refractivity contribution in [1.82, 2.24) is 0 Å². The minimum absolute atomic E-state index is 0.738. The van der Waals surface area contributed by atoms with Gasteiger partial charge in [-0.3, -0.25) is 0 Å². The van der Waals surface area contributed by atoms with E-state index in [0.29, 0.717) is 0 Å². The summed E-state index contributed by atoms with van der Waals surface area (Å²) in [5, 5.41) is 0. The molecule has 0 spiro atoms. The molecule has 0 bridgehead atoms. The summed E-state index contributed by atoms with van der Waals surface area (Å²) in [6.07, 6.45) is 44.7. The second-order valence-electron chi connectivity index (χ2n) is 34.2. The Morgan fingerprint density at radius 3 is 0.737 bits per heavy atom. The molecule has 2 unspecified atom stereocenters. The molecule has 6 aliphatic rings. The maximum atomic E-state index is 2.38. The van der Waals surface area contributed by atoms with Crippen LogP contribution in [0.1, 0.15) is 359 Å². The quantitative estimate of drug-likeness (QED) is 0.0855. The largest absolute Gasteiger partial charge is 0.0628 e. The fourth-order valence-electron chi connectivity index (χ4n) is 16.5. The van der Waals surface area contributed by atoms with E-state index in [0.717, 1.165) is 129 Å². The van der Waals surface area contributed by atoms with Crippen LogP contribution in [0.4, 0.5) is 0 Å². The van der Waals surface area contributed by atoms with Gasteiger partial charge in [0.05, 0.1) is 0 Å². The Labute approximate surface area is 485 Å². The summed E-state index contributed by atoms with van der Waals surface area (Å²) in [5.41, 5.74) is 1.53. The second-order valence-corrected chi connectivity index (χ2v) is 34.2. The maximum absolute atomic E-state index is 2.38. The van der Waals surface area contributed by atoms with Crippen molar-refractivity contribution in [2.24, 2.45) is 129 Å². The Kier molecular flexibility index (Phi) is 38.4. The summed E-state index contributed by atoms with van der Waals surface area (Å²) in [4.78, 5) is 0. The Morgan fingerprint density at radius 1 is 0.250 bits per heavy atom. The third-order valence-corrected chi connectivity index (χ3v) is 19.0. The summed E-state index contributed by atoms with van der Waals surface area (Å²) in [5.74, 6) is 19.4. The zero-order valence-electron chi connectivity index (χ0n) is 57.8. The van der Waals surface area contributed by atoms with Gasteiger partial charge in [-0.05, 0) is 245 Å². The SMILES string of the molecule is CC(C)CC1(CC(C)C)CC1.CC(C)CC1(CC(C)C)CCCC1.CC(C)CC1CC(CC(C)C)C1.CC(C)CC1CC1CC(C)C.CC(C)CC1CCC(CC(C)C)CC1.CC(C)CCC1CCC(CC(C)C)CC1. The van der Waals surface area contributed by atoms with Gasteiger partial charge >= 0.3 is 0 Å².